The molecule has 1 heterocycles. The van der Waals surface area contributed by atoms with Crippen LogP contribution in [0.3, 0.4) is 0 Å². The maximum absolute atomic E-state index is 12.4. The third-order valence-corrected chi connectivity index (χ3v) is 3.84. The van der Waals surface area contributed by atoms with Crippen molar-refractivity contribution < 1.29 is 14.3 Å². The van der Waals surface area contributed by atoms with Crippen LogP contribution in [0.1, 0.15) is 61.3 Å². The fourth-order valence-electron chi connectivity index (χ4n) is 2.73. The Hall–Kier alpha value is -1.26. The van der Waals surface area contributed by atoms with Crippen molar-refractivity contribution in [1.82, 2.24) is 9.80 Å². The summed E-state index contributed by atoms with van der Waals surface area (Å²) in [5, 5.41) is 0. The van der Waals surface area contributed by atoms with E-state index in [0.29, 0.717) is 25.4 Å². The standard InChI is InChI=1S/C17H32N2O3/c1-8-14-11-18(16(21)22-17(5,6)7)13(4)10-19(14)15(20)9-12(2)3/h12-14H,8-11H2,1-7H3/t13-,14+/m0/s1. The number of ether oxygens (including phenoxy) is 1. The number of amides is 2. The molecule has 0 N–H and O–H groups in total. The lowest BCUT2D eigenvalue weighted by Gasteiger charge is -2.45. The van der Waals surface area contributed by atoms with Crippen LogP contribution in [0.15, 0.2) is 0 Å². The van der Waals surface area contributed by atoms with Gasteiger partial charge in [-0.05, 0) is 40.0 Å². The molecule has 0 aromatic carbocycles. The fraction of sp³-hybridized carbons (Fsp3) is 0.882. The number of carbonyl (C=O) groups excluding carboxylic acids is 2. The molecule has 0 aliphatic carbocycles. The number of hydrogen-bond acceptors (Lipinski definition) is 3. The summed E-state index contributed by atoms with van der Waals surface area (Å²) in [7, 11) is 0. The third kappa shape index (κ3) is 5.18. The van der Waals surface area contributed by atoms with E-state index >= 15 is 0 Å². The highest BCUT2D eigenvalue weighted by molar-refractivity contribution is 5.77. The first-order valence-electron chi connectivity index (χ1n) is 8.34. The average molecular weight is 312 g/mol. The van der Waals surface area contributed by atoms with Crippen molar-refractivity contribution in [2.75, 3.05) is 13.1 Å². The van der Waals surface area contributed by atoms with E-state index in [9.17, 15) is 9.59 Å². The molecule has 5 nitrogen and oxygen atoms in total. The Morgan fingerprint density at radius 3 is 2.23 bits per heavy atom. The van der Waals surface area contributed by atoms with Gasteiger partial charge in [-0.15, -0.1) is 0 Å². The van der Waals surface area contributed by atoms with Gasteiger partial charge >= 0.3 is 6.09 Å². The van der Waals surface area contributed by atoms with E-state index in [2.05, 4.69) is 20.8 Å². The second kappa shape index (κ2) is 7.34. The second-order valence-corrected chi connectivity index (χ2v) is 7.69. The minimum absolute atomic E-state index is 0.0197. The maximum atomic E-state index is 12.4. The van der Waals surface area contributed by atoms with E-state index in [1.54, 1.807) is 4.90 Å². The molecule has 0 unspecified atom stereocenters. The maximum Gasteiger partial charge on any atom is 0.410 e. The van der Waals surface area contributed by atoms with Gasteiger partial charge in [0.1, 0.15) is 5.60 Å². The molecule has 1 aliphatic heterocycles. The molecule has 0 aromatic heterocycles. The minimum Gasteiger partial charge on any atom is -0.444 e. The molecule has 1 rings (SSSR count). The number of hydrogen-bond donors (Lipinski definition) is 0. The summed E-state index contributed by atoms with van der Waals surface area (Å²) in [4.78, 5) is 28.5. The molecule has 0 bridgehead atoms. The van der Waals surface area contributed by atoms with Crippen LogP contribution < -0.4 is 0 Å². The normalized spacial score (nSPS) is 22.9. The molecule has 5 heteroatoms. The van der Waals surface area contributed by atoms with Crippen LogP contribution in [0, 0.1) is 5.92 Å². The van der Waals surface area contributed by atoms with Crippen LogP contribution in [0.25, 0.3) is 0 Å². The van der Waals surface area contributed by atoms with Crippen LogP contribution in [0.4, 0.5) is 4.79 Å². The van der Waals surface area contributed by atoms with E-state index in [4.69, 9.17) is 4.74 Å². The smallest absolute Gasteiger partial charge is 0.410 e. The first kappa shape index (κ1) is 18.8. The summed E-state index contributed by atoms with van der Waals surface area (Å²) >= 11 is 0. The Kier molecular flexibility index (Phi) is 6.27. The second-order valence-electron chi connectivity index (χ2n) is 7.69. The summed E-state index contributed by atoms with van der Waals surface area (Å²) in [6.45, 7) is 14.9. The molecule has 0 radical (unpaired) electrons. The van der Waals surface area contributed by atoms with Gasteiger partial charge < -0.3 is 14.5 Å². The molecule has 2 amide bonds. The quantitative estimate of drug-likeness (QED) is 0.803. The van der Waals surface area contributed by atoms with E-state index in [-0.39, 0.29) is 24.1 Å². The number of carbonyl (C=O) groups is 2. The van der Waals surface area contributed by atoms with Gasteiger partial charge in [-0.25, -0.2) is 4.79 Å². The molecule has 128 valence electrons. The van der Waals surface area contributed by atoms with E-state index in [1.165, 1.54) is 0 Å². The summed E-state index contributed by atoms with van der Waals surface area (Å²) in [5.74, 6) is 0.543. The van der Waals surface area contributed by atoms with Gasteiger partial charge in [0.15, 0.2) is 0 Å². The van der Waals surface area contributed by atoms with Gasteiger partial charge in [-0.3, -0.25) is 4.79 Å². The lowest BCUT2D eigenvalue weighted by molar-refractivity contribution is -0.138. The fourth-order valence-corrected chi connectivity index (χ4v) is 2.73. The number of rotatable bonds is 3. The Morgan fingerprint density at radius 2 is 1.77 bits per heavy atom. The van der Waals surface area contributed by atoms with Gasteiger partial charge in [0, 0.05) is 31.6 Å². The van der Waals surface area contributed by atoms with Crippen molar-refractivity contribution in [2.45, 2.75) is 79.0 Å². The van der Waals surface area contributed by atoms with E-state index in [0.717, 1.165) is 6.42 Å². The largest absolute Gasteiger partial charge is 0.444 e. The van der Waals surface area contributed by atoms with Crippen LogP contribution >= 0.6 is 0 Å². The van der Waals surface area contributed by atoms with Crippen LogP contribution in [0.5, 0.6) is 0 Å². The Labute approximate surface area is 135 Å². The molecule has 0 spiro atoms. The highest BCUT2D eigenvalue weighted by Crippen LogP contribution is 2.22. The van der Waals surface area contributed by atoms with Crippen molar-refractivity contribution in [3.8, 4) is 0 Å². The third-order valence-electron chi connectivity index (χ3n) is 3.84. The molecule has 1 saturated heterocycles. The van der Waals surface area contributed by atoms with Crippen LogP contribution in [-0.2, 0) is 9.53 Å². The average Bonchev–Trinajstić information content (AvgIpc) is 2.35. The zero-order chi connectivity index (χ0) is 17.1. The highest BCUT2D eigenvalue weighted by Gasteiger charge is 2.37. The van der Waals surface area contributed by atoms with Crippen LogP contribution in [-0.4, -0.2) is 52.6 Å². The molecule has 1 fully saturated rings. The van der Waals surface area contributed by atoms with Gasteiger partial charge in [0.25, 0.3) is 0 Å². The number of nitrogens with zero attached hydrogens (tertiary/aromatic N) is 2. The van der Waals surface area contributed by atoms with Gasteiger partial charge in [-0.2, -0.15) is 0 Å². The summed E-state index contributed by atoms with van der Waals surface area (Å²) in [6, 6.07) is 0.0590. The van der Waals surface area contributed by atoms with Crippen molar-refractivity contribution >= 4 is 12.0 Å². The first-order valence-corrected chi connectivity index (χ1v) is 8.34. The zero-order valence-corrected chi connectivity index (χ0v) is 15.2. The van der Waals surface area contributed by atoms with E-state index in [1.807, 2.05) is 32.6 Å². The lowest BCUT2D eigenvalue weighted by atomic mass is 10.0. The Balaban J connectivity index is 2.78. The topological polar surface area (TPSA) is 49.9 Å². The molecule has 0 saturated carbocycles. The Bertz CT molecular complexity index is 401. The SMILES string of the molecule is CC[C@@H]1CN(C(=O)OC(C)(C)C)[C@@H](C)CN1C(=O)CC(C)C. The molecule has 1 aliphatic rings. The number of piperazine rings is 1. The minimum atomic E-state index is -0.497. The first-order chi connectivity index (χ1) is 10.0. The molecular weight excluding hydrogens is 280 g/mol. The van der Waals surface area contributed by atoms with Gasteiger partial charge in [0.2, 0.25) is 5.91 Å². The van der Waals surface area contributed by atoms with Crippen LogP contribution in [0.2, 0.25) is 0 Å². The predicted molar refractivity (Wildman–Crippen MR) is 87.6 cm³/mol. The summed E-state index contributed by atoms with van der Waals surface area (Å²) in [6.07, 6.45) is 1.13. The van der Waals surface area contributed by atoms with Crippen molar-refractivity contribution in [3.05, 3.63) is 0 Å². The lowest BCUT2D eigenvalue weighted by Crippen LogP contribution is -2.60. The molecular formula is C17H32N2O3. The molecule has 2 atom stereocenters. The zero-order valence-electron chi connectivity index (χ0n) is 15.2. The van der Waals surface area contributed by atoms with Crippen molar-refractivity contribution in [3.63, 3.8) is 0 Å². The Morgan fingerprint density at radius 1 is 1.18 bits per heavy atom. The highest BCUT2D eigenvalue weighted by atomic mass is 16.6. The van der Waals surface area contributed by atoms with Gasteiger partial charge in [0.05, 0.1) is 0 Å². The van der Waals surface area contributed by atoms with Crippen molar-refractivity contribution in [1.29, 1.82) is 0 Å². The summed E-state index contributed by atoms with van der Waals surface area (Å²) in [5.41, 5.74) is -0.497. The molecule has 22 heavy (non-hydrogen) atoms. The summed E-state index contributed by atoms with van der Waals surface area (Å²) < 4.78 is 5.48. The van der Waals surface area contributed by atoms with E-state index < -0.39 is 5.60 Å². The van der Waals surface area contributed by atoms with Crippen molar-refractivity contribution in [2.24, 2.45) is 5.92 Å². The van der Waals surface area contributed by atoms with Gasteiger partial charge in [-0.1, -0.05) is 20.8 Å². The molecule has 0 aromatic rings. The predicted octanol–water partition coefficient (Wildman–Crippen LogP) is 3.28. The monoisotopic (exact) mass is 312 g/mol.